The van der Waals surface area contributed by atoms with Crippen LogP contribution in [0.3, 0.4) is 0 Å². The van der Waals surface area contributed by atoms with Gasteiger partial charge in [-0.15, -0.1) is 0 Å². The quantitative estimate of drug-likeness (QED) is 0.315. The molecule has 0 saturated carbocycles. The van der Waals surface area contributed by atoms with Crippen LogP contribution in [-0.2, 0) is 0 Å². The minimum atomic E-state index is -2.31. The summed E-state index contributed by atoms with van der Waals surface area (Å²) in [4.78, 5) is 0. The predicted molar refractivity (Wildman–Crippen MR) is 69.1 cm³/mol. The van der Waals surface area contributed by atoms with Crippen molar-refractivity contribution in [1.29, 1.82) is 0 Å². The zero-order chi connectivity index (χ0) is 16.9. The van der Waals surface area contributed by atoms with Crippen molar-refractivity contribution in [1.82, 2.24) is 0 Å². The average molecular weight is 330 g/mol. The van der Waals surface area contributed by atoms with Crippen LogP contribution in [0, 0.1) is 40.7 Å². The maximum absolute atomic E-state index is 14.1. The Bertz CT molecular complexity index is 925. The van der Waals surface area contributed by atoms with Crippen molar-refractivity contribution in [2.75, 3.05) is 0 Å². The Morgan fingerprint density at radius 3 is 1.39 bits per heavy atom. The lowest BCUT2D eigenvalue weighted by atomic mass is 9.95. The van der Waals surface area contributed by atoms with E-state index in [-0.39, 0.29) is 5.56 Å². The van der Waals surface area contributed by atoms with Gasteiger partial charge in [0.25, 0.3) is 0 Å². The minimum absolute atomic E-state index is 0.154. The molecule has 0 heterocycles. The van der Waals surface area contributed by atoms with Gasteiger partial charge in [-0.25, -0.2) is 30.7 Å². The zero-order valence-corrected chi connectivity index (χ0v) is 11.0. The van der Waals surface area contributed by atoms with E-state index in [1.807, 2.05) is 0 Å². The molecule has 7 heteroatoms. The van der Waals surface area contributed by atoms with Gasteiger partial charge in [-0.2, -0.15) is 0 Å². The Hall–Kier alpha value is -2.57. The van der Waals surface area contributed by atoms with Gasteiger partial charge < -0.3 is 0 Å². The van der Waals surface area contributed by atoms with Crippen LogP contribution in [0.5, 0.6) is 0 Å². The summed E-state index contributed by atoms with van der Waals surface area (Å²) in [5.41, 5.74) is -1.05. The molecule has 0 N–H and O–H groups in total. The molecule has 23 heavy (non-hydrogen) atoms. The van der Waals surface area contributed by atoms with E-state index in [1.165, 1.54) is 30.3 Å². The molecule has 0 spiro atoms. The molecule has 0 aliphatic carbocycles. The summed E-state index contributed by atoms with van der Waals surface area (Å²) < 4.78 is 96.2. The average Bonchev–Trinajstić information content (AvgIpc) is 2.56. The molecule has 0 aliphatic heterocycles. The molecule has 0 atom stereocenters. The van der Waals surface area contributed by atoms with E-state index in [1.54, 1.807) is 0 Å². The molecule has 0 fully saturated rings. The molecule has 3 aromatic carbocycles. The number of hydrogen-bond acceptors (Lipinski definition) is 0. The molecular weight excluding hydrogens is 325 g/mol. The fourth-order valence-electron chi connectivity index (χ4n) is 2.37. The number of fused-ring (bicyclic) bond motifs is 1. The van der Waals surface area contributed by atoms with Gasteiger partial charge in [-0.1, -0.05) is 30.3 Å². The van der Waals surface area contributed by atoms with Crippen LogP contribution < -0.4 is 0 Å². The molecule has 118 valence electrons. The van der Waals surface area contributed by atoms with Crippen LogP contribution in [-0.4, -0.2) is 0 Å². The summed E-state index contributed by atoms with van der Waals surface area (Å²) in [5.74, 6) is -14.8. The van der Waals surface area contributed by atoms with Crippen molar-refractivity contribution in [3.8, 4) is 11.1 Å². The second-order valence-electron chi connectivity index (χ2n) is 4.69. The molecule has 0 bridgehead atoms. The third-order valence-electron chi connectivity index (χ3n) is 3.40. The Balaban J connectivity index is 2.65. The van der Waals surface area contributed by atoms with Gasteiger partial charge in [0.15, 0.2) is 40.7 Å². The van der Waals surface area contributed by atoms with Crippen LogP contribution in [0.4, 0.5) is 30.7 Å². The maximum atomic E-state index is 14.1. The standard InChI is InChI=1S/C16H5F7/c17-10-7(6-4-2-1-3-5-6)8-9(12(19)14(10)21)13(20)16(23)15(22)11(8)18/h1-5H. The lowest BCUT2D eigenvalue weighted by Crippen LogP contribution is -2.06. The summed E-state index contributed by atoms with van der Waals surface area (Å²) in [7, 11) is 0. The van der Waals surface area contributed by atoms with Crippen LogP contribution >= 0.6 is 0 Å². The monoisotopic (exact) mass is 330 g/mol. The molecule has 0 aliphatic rings. The van der Waals surface area contributed by atoms with Crippen molar-refractivity contribution >= 4 is 10.8 Å². The highest BCUT2D eigenvalue weighted by Crippen LogP contribution is 2.39. The SMILES string of the molecule is Fc1c(F)c(F)c2c(-c3ccccc3)c(F)c(F)c(F)c2c1F. The molecular formula is C16H5F7. The number of rotatable bonds is 1. The van der Waals surface area contributed by atoms with E-state index in [2.05, 4.69) is 0 Å². The van der Waals surface area contributed by atoms with Crippen LogP contribution in [0.1, 0.15) is 0 Å². The van der Waals surface area contributed by atoms with Gasteiger partial charge in [0.2, 0.25) is 0 Å². The largest absolute Gasteiger partial charge is 0.203 e. The van der Waals surface area contributed by atoms with Crippen molar-refractivity contribution in [3.63, 3.8) is 0 Å². The van der Waals surface area contributed by atoms with E-state index in [0.29, 0.717) is 0 Å². The maximum Gasteiger partial charge on any atom is 0.198 e. The van der Waals surface area contributed by atoms with Crippen molar-refractivity contribution in [2.45, 2.75) is 0 Å². The van der Waals surface area contributed by atoms with Gasteiger partial charge >= 0.3 is 0 Å². The van der Waals surface area contributed by atoms with Crippen molar-refractivity contribution in [2.24, 2.45) is 0 Å². The third kappa shape index (κ3) is 2.07. The molecule has 3 aromatic rings. The Morgan fingerprint density at radius 2 is 0.870 bits per heavy atom. The second kappa shape index (κ2) is 5.26. The lowest BCUT2D eigenvalue weighted by molar-refractivity contribution is 0.411. The number of halogens is 7. The summed E-state index contributed by atoms with van der Waals surface area (Å²) >= 11 is 0. The Morgan fingerprint density at radius 1 is 0.435 bits per heavy atom. The summed E-state index contributed by atoms with van der Waals surface area (Å²) in [6.07, 6.45) is 0. The second-order valence-corrected chi connectivity index (χ2v) is 4.69. The summed E-state index contributed by atoms with van der Waals surface area (Å²) in [6, 6.07) is 6.65. The highest BCUT2D eigenvalue weighted by Gasteiger charge is 2.30. The fraction of sp³-hybridized carbons (Fsp3) is 0. The number of benzene rings is 3. The predicted octanol–water partition coefficient (Wildman–Crippen LogP) is 5.48. The molecule has 0 amide bonds. The Labute approximate surface area is 124 Å². The van der Waals surface area contributed by atoms with Crippen LogP contribution in [0.2, 0.25) is 0 Å². The van der Waals surface area contributed by atoms with Gasteiger partial charge in [-0.05, 0) is 5.56 Å². The molecule has 0 aromatic heterocycles. The Kier molecular flexibility index (Phi) is 3.50. The summed E-state index contributed by atoms with van der Waals surface area (Å²) in [6.45, 7) is 0. The van der Waals surface area contributed by atoms with Crippen LogP contribution in [0.15, 0.2) is 30.3 Å². The highest BCUT2D eigenvalue weighted by atomic mass is 19.2. The number of hydrogen-bond donors (Lipinski definition) is 0. The van der Waals surface area contributed by atoms with Crippen molar-refractivity contribution < 1.29 is 30.7 Å². The first-order valence-electron chi connectivity index (χ1n) is 6.23. The normalized spacial score (nSPS) is 11.3. The van der Waals surface area contributed by atoms with Gasteiger partial charge in [0, 0.05) is 10.9 Å². The first-order chi connectivity index (χ1) is 10.9. The van der Waals surface area contributed by atoms with Crippen molar-refractivity contribution in [3.05, 3.63) is 71.1 Å². The first kappa shape index (κ1) is 15.3. The van der Waals surface area contributed by atoms with E-state index < -0.39 is 57.1 Å². The lowest BCUT2D eigenvalue weighted by Gasteiger charge is -2.13. The minimum Gasteiger partial charge on any atom is -0.203 e. The van der Waals surface area contributed by atoms with Gasteiger partial charge in [-0.3, -0.25) is 0 Å². The fourth-order valence-corrected chi connectivity index (χ4v) is 2.37. The van der Waals surface area contributed by atoms with Gasteiger partial charge in [0.1, 0.15) is 0 Å². The highest BCUT2D eigenvalue weighted by molar-refractivity contribution is 5.98. The first-order valence-corrected chi connectivity index (χ1v) is 6.23. The van der Waals surface area contributed by atoms with E-state index in [4.69, 9.17) is 0 Å². The molecule has 3 rings (SSSR count). The zero-order valence-electron chi connectivity index (χ0n) is 11.0. The van der Waals surface area contributed by atoms with Gasteiger partial charge in [0.05, 0.1) is 5.39 Å². The summed E-state index contributed by atoms with van der Waals surface area (Å²) in [5, 5.41) is -2.69. The topological polar surface area (TPSA) is 0 Å². The third-order valence-corrected chi connectivity index (χ3v) is 3.40. The molecule has 0 nitrogen and oxygen atoms in total. The molecule has 0 radical (unpaired) electrons. The van der Waals surface area contributed by atoms with Crippen LogP contribution in [0.25, 0.3) is 21.9 Å². The van der Waals surface area contributed by atoms with E-state index in [0.717, 1.165) is 0 Å². The van der Waals surface area contributed by atoms with E-state index in [9.17, 15) is 30.7 Å². The molecule has 0 unspecified atom stereocenters. The smallest absolute Gasteiger partial charge is 0.198 e. The molecule has 0 saturated heterocycles. The van der Waals surface area contributed by atoms with E-state index >= 15 is 0 Å².